The third kappa shape index (κ3) is 2.90. The van der Waals surface area contributed by atoms with Gasteiger partial charge in [-0.05, 0) is 42.8 Å². The van der Waals surface area contributed by atoms with Gasteiger partial charge < -0.3 is 10.5 Å². The number of nitrogens with zero attached hydrogens (tertiary/aromatic N) is 3. The second-order valence-corrected chi connectivity index (χ2v) is 5.31. The van der Waals surface area contributed by atoms with Gasteiger partial charge in [-0.1, -0.05) is 19.1 Å². The molecule has 0 radical (unpaired) electrons. The lowest BCUT2D eigenvalue weighted by molar-refractivity contribution is 0.414. The van der Waals surface area contributed by atoms with Crippen molar-refractivity contribution in [2.45, 2.75) is 19.8 Å². The fourth-order valence-corrected chi connectivity index (χ4v) is 2.58. The average Bonchev–Trinajstić information content (AvgIpc) is 2.99. The highest BCUT2D eigenvalue weighted by molar-refractivity contribution is 5.72. The Balaban J connectivity index is 2.16. The lowest BCUT2D eigenvalue weighted by atomic mass is 10.1. The van der Waals surface area contributed by atoms with Crippen molar-refractivity contribution in [3.63, 3.8) is 0 Å². The summed E-state index contributed by atoms with van der Waals surface area (Å²) in [6, 6.07) is 15.6. The van der Waals surface area contributed by atoms with Gasteiger partial charge in [0.25, 0.3) is 0 Å². The summed E-state index contributed by atoms with van der Waals surface area (Å²) in [5.74, 6) is 2.51. The van der Waals surface area contributed by atoms with E-state index in [-0.39, 0.29) is 0 Å². The van der Waals surface area contributed by atoms with Crippen LogP contribution in [-0.2, 0) is 6.42 Å². The van der Waals surface area contributed by atoms with Crippen LogP contribution < -0.4 is 10.5 Å². The highest BCUT2D eigenvalue weighted by atomic mass is 16.5. The van der Waals surface area contributed by atoms with Crippen LogP contribution in [0.2, 0.25) is 0 Å². The van der Waals surface area contributed by atoms with Gasteiger partial charge in [0, 0.05) is 23.4 Å². The van der Waals surface area contributed by atoms with Crippen molar-refractivity contribution in [3.8, 4) is 22.8 Å². The molecule has 3 rings (SSSR count). The van der Waals surface area contributed by atoms with Crippen molar-refractivity contribution in [2.24, 2.45) is 0 Å². The standard InChI is InChI=1S/C18H20N4O/c1-3-6-17-20-21-18(15-7-4-5-8-16(15)19)22(17)13-9-11-14(23-2)12-10-13/h4-5,7-12H,3,6,19H2,1-2H3. The molecule has 0 aliphatic heterocycles. The van der Waals surface area contributed by atoms with Crippen LogP contribution in [0.4, 0.5) is 5.69 Å². The summed E-state index contributed by atoms with van der Waals surface area (Å²) < 4.78 is 7.30. The zero-order valence-electron chi connectivity index (χ0n) is 13.4. The first-order valence-electron chi connectivity index (χ1n) is 7.68. The van der Waals surface area contributed by atoms with Gasteiger partial charge in [0.2, 0.25) is 0 Å². The first-order valence-corrected chi connectivity index (χ1v) is 7.68. The van der Waals surface area contributed by atoms with Crippen molar-refractivity contribution in [1.82, 2.24) is 14.8 Å². The fourth-order valence-electron chi connectivity index (χ4n) is 2.58. The average molecular weight is 308 g/mol. The van der Waals surface area contributed by atoms with Crippen molar-refractivity contribution < 1.29 is 4.74 Å². The number of hydrogen-bond donors (Lipinski definition) is 1. The smallest absolute Gasteiger partial charge is 0.170 e. The predicted octanol–water partition coefficient (Wildman–Crippen LogP) is 3.48. The zero-order valence-corrected chi connectivity index (χ0v) is 13.4. The van der Waals surface area contributed by atoms with E-state index in [1.807, 2.05) is 48.5 Å². The number of ether oxygens (including phenoxy) is 1. The van der Waals surface area contributed by atoms with Crippen LogP contribution in [0.3, 0.4) is 0 Å². The molecule has 0 aliphatic rings. The Morgan fingerprint density at radius 1 is 1.04 bits per heavy atom. The molecule has 1 aromatic heterocycles. The largest absolute Gasteiger partial charge is 0.497 e. The normalized spacial score (nSPS) is 10.7. The second-order valence-electron chi connectivity index (χ2n) is 5.31. The van der Waals surface area contributed by atoms with Gasteiger partial charge in [0.15, 0.2) is 5.82 Å². The Kier molecular flexibility index (Phi) is 4.28. The molecule has 5 nitrogen and oxygen atoms in total. The molecule has 0 aliphatic carbocycles. The van der Waals surface area contributed by atoms with Gasteiger partial charge in [-0.15, -0.1) is 10.2 Å². The van der Waals surface area contributed by atoms with E-state index in [9.17, 15) is 0 Å². The lowest BCUT2D eigenvalue weighted by Crippen LogP contribution is -2.04. The summed E-state index contributed by atoms with van der Waals surface area (Å²) in [5.41, 5.74) is 8.70. The number of hydrogen-bond acceptors (Lipinski definition) is 4. The molecule has 0 bridgehead atoms. The summed E-state index contributed by atoms with van der Waals surface area (Å²) in [6.07, 6.45) is 1.85. The monoisotopic (exact) mass is 308 g/mol. The molecule has 0 unspecified atom stereocenters. The Hall–Kier alpha value is -2.82. The minimum atomic E-state index is 0.692. The lowest BCUT2D eigenvalue weighted by Gasteiger charge is -2.12. The quantitative estimate of drug-likeness (QED) is 0.733. The molecule has 118 valence electrons. The number of rotatable bonds is 5. The van der Waals surface area contributed by atoms with Crippen LogP contribution in [0.25, 0.3) is 17.1 Å². The van der Waals surface area contributed by atoms with Gasteiger partial charge >= 0.3 is 0 Å². The highest BCUT2D eigenvalue weighted by Crippen LogP contribution is 2.28. The molecule has 0 spiro atoms. The molecule has 1 heterocycles. The number of nitrogen functional groups attached to an aromatic ring is 1. The Bertz CT molecular complexity index is 793. The van der Waals surface area contributed by atoms with E-state index in [1.54, 1.807) is 7.11 Å². The first kappa shape index (κ1) is 15.1. The molecule has 23 heavy (non-hydrogen) atoms. The molecule has 0 amide bonds. The van der Waals surface area contributed by atoms with Gasteiger partial charge in [-0.25, -0.2) is 0 Å². The number of nitrogens with two attached hydrogens (primary N) is 1. The van der Waals surface area contributed by atoms with Gasteiger partial charge in [0.05, 0.1) is 7.11 Å². The minimum absolute atomic E-state index is 0.692. The van der Waals surface area contributed by atoms with Gasteiger partial charge in [-0.3, -0.25) is 4.57 Å². The maximum atomic E-state index is 6.13. The van der Waals surface area contributed by atoms with E-state index in [2.05, 4.69) is 21.7 Å². The Morgan fingerprint density at radius 2 is 1.78 bits per heavy atom. The van der Waals surface area contributed by atoms with Crippen molar-refractivity contribution >= 4 is 5.69 Å². The predicted molar refractivity (Wildman–Crippen MR) is 91.8 cm³/mol. The Morgan fingerprint density at radius 3 is 2.43 bits per heavy atom. The van der Waals surface area contributed by atoms with Crippen molar-refractivity contribution in [1.29, 1.82) is 0 Å². The topological polar surface area (TPSA) is 66.0 Å². The van der Waals surface area contributed by atoms with Crippen LogP contribution in [0, 0.1) is 0 Å². The van der Waals surface area contributed by atoms with E-state index in [4.69, 9.17) is 10.5 Å². The number of aryl methyl sites for hydroxylation is 1. The summed E-state index contributed by atoms with van der Waals surface area (Å²) in [6.45, 7) is 2.13. The molecule has 0 saturated carbocycles. The van der Waals surface area contributed by atoms with Crippen LogP contribution in [0.15, 0.2) is 48.5 Å². The van der Waals surface area contributed by atoms with Gasteiger partial charge in [0.1, 0.15) is 11.6 Å². The van der Waals surface area contributed by atoms with Crippen LogP contribution in [-0.4, -0.2) is 21.9 Å². The molecule has 0 fully saturated rings. The number of para-hydroxylation sites is 1. The molecule has 3 aromatic rings. The van der Waals surface area contributed by atoms with E-state index < -0.39 is 0 Å². The highest BCUT2D eigenvalue weighted by Gasteiger charge is 2.16. The van der Waals surface area contributed by atoms with E-state index in [0.717, 1.165) is 41.5 Å². The van der Waals surface area contributed by atoms with E-state index in [0.29, 0.717) is 5.69 Å². The Labute approximate surface area is 135 Å². The molecule has 0 atom stereocenters. The number of benzene rings is 2. The second kappa shape index (κ2) is 6.52. The maximum Gasteiger partial charge on any atom is 0.170 e. The summed E-state index contributed by atoms with van der Waals surface area (Å²) >= 11 is 0. The van der Waals surface area contributed by atoms with E-state index >= 15 is 0 Å². The fraction of sp³-hybridized carbons (Fsp3) is 0.222. The van der Waals surface area contributed by atoms with Gasteiger partial charge in [-0.2, -0.15) is 0 Å². The minimum Gasteiger partial charge on any atom is -0.497 e. The van der Waals surface area contributed by atoms with Crippen LogP contribution >= 0.6 is 0 Å². The number of anilines is 1. The third-order valence-electron chi connectivity index (χ3n) is 3.74. The van der Waals surface area contributed by atoms with Crippen LogP contribution in [0.5, 0.6) is 5.75 Å². The zero-order chi connectivity index (χ0) is 16.2. The van der Waals surface area contributed by atoms with Crippen molar-refractivity contribution in [2.75, 3.05) is 12.8 Å². The number of aromatic nitrogens is 3. The SMILES string of the molecule is CCCc1nnc(-c2ccccc2N)n1-c1ccc(OC)cc1. The van der Waals surface area contributed by atoms with Crippen LogP contribution in [0.1, 0.15) is 19.2 Å². The molecular weight excluding hydrogens is 288 g/mol. The summed E-state index contributed by atoms with van der Waals surface area (Å²) in [5, 5.41) is 8.76. The molecular formula is C18H20N4O. The summed E-state index contributed by atoms with van der Waals surface area (Å²) in [7, 11) is 1.66. The summed E-state index contributed by atoms with van der Waals surface area (Å²) in [4.78, 5) is 0. The molecule has 0 saturated heterocycles. The molecule has 2 N–H and O–H groups in total. The van der Waals surface area contributed by atoms with Crippen molar-refractivity contribution in [3.05, 3.63) is 54.4 Å². The van der Waals surface area contributed by atoms with E-state index in [1.165, 1.54) is 0 Å². The first-order chi connectivity index (χ1) is 11.2. The third-order valence-corrected chi connectivity index (χ3v) is 3.74. The molecule has 2 aromatic carbocycles. The number of methoxy groups -OCH3 is 1. The maximum absolute atomic E-state index is 6.13. The molecule has 5 heteroatoms.